The monoisotopic (exact) mass is 159 g/mol. The molecule has 1 saturated heterocycles. The van der Waals surface area contributed by atoms with Crippen LogP contribution in [-0.2, 0) is 4.74 Å². The lowest BCUT2D eigenvalue weighted by Crippen LogP contribution is -2.55. The average Bonchev–Trinajstić information content (AvgIpc) is 1.86. The summed E-state index contributed by atoms with van der Waals surface area (Å²) in [5.74, 6) is 0. The van der Waals surface area contributed by atoms with E-state index in [0.29, 0.717) is 6.61 Å². The molecule has 0 aromatic carbocycles. The van der Waals surface area contributed by atoms with Crippen molar-refractivity contribution >= 4 is 0 Å². The van der Waals surface area contributed by atoms with Crippen molar-refractivity contribution in [2.75, 3.05) is 13.2 Å². The molecule has 11 heavy (non-hydrogen) atoms. The van der Waals surface area contributed by atoms with E-state index in [0.717, 1.165) is 6.54 Å². The molecule has 1 rings (SSSR count). The Morgan fingerprint density at radius 3 is 2.64 bits per heavy atom. The summed E-state index contributed by atoms with van der Waals surface area (Å²) in [5, 5.41) is 12.4. The Bertz CT molecular complexity index is 124. The van der Waals surface area contributed by atoms with E-state index in [-0.39, 0.29) is 17.7 Å². The number of aliphatic hydroxyl groups is 1. The first kappa shape index (κ1) is 8.97. The Morgan fingerprint density at radius 1 is 1.64 bits per heavy atom. The highest BCUT2D eigenvalue weighted by Crippen LogP contribution is 2.14. The third kappa shape index (κ3) is 2.43. The zero-order chi connectivity index (χ0) is 8.48. The molecule has 1 aliphatic heterocycles. The van der Waals surface area contributed by atoms with E-state index in [9.17, 15) is 5.11 Å². The van der Waals surface area contributed by atoms with Crippen LogP contribution < -0.4 is 5.32 Å². The number of rotatable bonds is 1. The van der Waals surface area contributed by atoms with Gasteiger partial charge < -0.3 is 15.2 Å². The highest BCUT2D eigenvalue weighted by molar-refractivity contribution is 4.84. The van der Waals surface area contributed by atoms with Gasteiger partial charge in [-0.25, -0.2) is 0 Å². The molecular weight excluding hydrogens is 142 g/mol. The van der Waals surface area contributed by atoms with Crippen molar-refractivity contribution in [2.24, 2.45) is 0 Å². The van der Waals surface area contributed by atoms with Gasteiger partial charge in [0.1, 0.15) is 0 Å². The Balaban J connectivity index is 2.36. The molecule has 1 aliphatic rings. The number of ether oxygens (including phenoxy) is 1. The Hall–Kier alpha value is -0.120. The van der Waals surface area contributed by atoms with Gasteiger partial charge in [-0.2, -0.15) is 0 Å². The van der Waals surface area contributed by atoms with Crippen LogP contribution in [0, 0.1) is 0 Å². The van der Waals surface area contributed by atoms with Crippen LogP contribution in [0.15, 0.2) is 0 Å². The van der Waals surface area contributed by atoms with E-state index in [1.807, 2.05) is 13.8 Å². The summed E-state index contributed by atoms with van der Waals surface area (Å²) < 4.78 is 5.52. The minimum absolute atomic E-state index is 0.0780. The zero-order valence-corrected chi connectivity index (χ0v) is 7.42. The van der Waals surface area contributed by atoms with Crippen LogP contribution in [0.1, 0.15) is 20.8 Å². The number of hydrogen-bond acceptors (Lipinski definition) is 3. The maximum absolute atomic E-state index is 9.20. The fraction of sp³-hybridized carbons (Fsp3) is 1.00. The molecule has 66 valence electrons. The maximum atomic E-state index is 9.20. The summed E-state index contributed by atoms with van der Waals surface area (Å²) in [7, 11) is 0. The number of aliphatic hydroxyl groups excluding tert-OH is 1. The lowest BCUT2D eigenvalue weighted by Gasteiger charge is -2.36. The molecule has 2 N–H and O–H groups in total. The van der Waals surface area contributed by atoms with Crippen molar-refractivity contribution in [3.8, 4) is 0 Å². The van der Waals surface area contributed by atoms with Crippen molar-refractivity contribution in [2.45, 2.75) is 38.5 Å². The van der Waals surface area contributed by atoms with Crippen LogP contribution in [0.2, 0.25) is 0 Å². The van der Waals surface area contributed by atoms with Crippen molar-refractivity contribution in [3.63, 3.8) is 0 Å². The number of morpholine rings is 1. The summed E-state index contributed by atoms with van der Waals surface area (Å²) in [6.07, 6.45) is -0.328. The summed E-state index contributed by atoms with van der Waals surface area (Å²) in [5.41, 5.74) is -0.0780. The topological polar surface area (TPSA) is 41.5 Å². The van der Waals surface area contributed by atoms with Crippen molar-refractivity contribution in [1.82, 2.24) is 5.32 Å². The molecule has 0 bridgehead atoms. The van der Waals surface area contributed by atoms with Gasteiger partial charge in [-0.15, -0.1) is 0 Å². The van der Waals surface area contributed by atoms with Crippen molar-refractivity contribution in [3.05, 3.63) is 0 Å². The predicted molar refractivity (Wildman–Crippen MR) is 43.5 cm³/mol. The Labute approximate surface area is 67.7 Å². The van der Waals surface area contributed by atoms with Crippen molar-refractivity contribution < 1.29 is 9.84 Å². The molecule has 1 heterocycles. The van der Waals surface area contributed by atoms with E-state index >= 15 is 0 Å². The van der Waals surface area contributed by atoms with Crippen molar-refractivity contribution in [1.29, 1.82) is 0 Å². The second-order valence-electron chi connectivity index (χ2n) is 3.80. The molecule has 2 atom stereocenters. The first-order chi connectivity index (χ1) is 5.01. The fourth-order valence-electron chi connectivity index (χ4n) is 1.11. The summed E-state index contributed by atoms with van der Waals surface area (Å²) in [4.78, 5) is 0. The van der Waals surface area contributed by atoms with Crippen LogP contribution in [-0.4, -0.2) is 36.0 Å². The minimum Gasteiger partial charge on any atom is -0.392 e. The SMILES string of the molecule is CC(O)C1COC(C)(C)CN1. The third-order valence-electron chi connectivity index (χ3n) is 2.03. The normalized spacial score (nSPS) is 33.3. The van der Waals surface area contributed by atoms with Gasteiger partial charge >= 0.3 is 0 Å². The molecule has 0 aromatic heterocycles. The zero-order valence-electron chi connectivity index (χ0n) is 7.42. The summed E-state index contributed by atoms with van der Waals surface area (Å²) in [6, 6.07) is 0.100. The van der Waals surface area contributed by atoms with Gasteiger partial charge in [0.15, 0.2) is 0 Å². The first-order valence-electron chi connectivity index (χ1n) is 4.07. The fourth-order valence-corrected chi connectivity index (χ4v) is 1.11. The van der Waals surface area contributed by atoms with E-state index in [1.165, 1.54) is 0 Å². The molecule has 0 amide bonds. The van der Waals surface area contributed by atoms with E-state index in [1.54, 1.807) is 6.92 Å². The van der Waals surface area contributed by atoms with Gasteiger partial charge in [0.2, 0.25) is 0 Å². The second kappa shape index (κ2) is 3.09. The summed E-state index contributed by atoms with van der Waals surface area (Å²) in [6.45, 7) is 7.27. The number of hydrogen-bond donors (Lipinski definition) is 2. The molecule has 1 fully saturated rings. The standard InChI is InChI=1S/C8H17NO2/c1-6(10)7-4-11-8(2,3)5-9-7/h6-7,9-10H,4-5H2,1-3H3. The van der Waals surface area contributed by atoms with Crippen LogP contribution in [0.25, 0.3) is 0 Å². The van der Waals surface area contributed by atoms with E-state index < -0.39 is 0 Å². The molecule has 2 unspecified atom stereocenters. The molecule has 0 aliphatic carbocycles. The molecule has 0 radical (unpaired) electrons. The highest BCUT2D eigenvalue weighted by atomic mass is 16.5. The Morgan fingerprint density at radius 2 is 2.27 bits per heavy atom. The highest BCUT2D eigenvalue weighted by Gasteiger charge is 2.28. The third-order valence-corrected chi connectivity index (χ3v) is 2.03. The quantitative estimate of drug-likeness (QED) is 0.571. The first-order valence-corrected chi connectivity index (χ1v) is 4.07. The van der Waals surface area contributed by atoms with Crippen LogP contribution in [0.5, 0.6) is 0 Å². The van der Waals surface area contributed by atoms with Gasteiger partial charge in [-0.1, -0.05) is 0 Å². The molecular formula is C8H17NO2. The molecule has 3 nitrogen and oxygen atoms in total. The van der Waals surface area contributed by atoms with E-state index in [2.05, 4.69) is 5.32 Å². The average molecular weight is 159 g/mol. The minimum atomic E-state index is -0.328. The van der Waals surface area contributed by atoms with Gasteiger partial charge in [0.05, 0.1) is 24.4 Å². The number of nitrogens with one attached hydrogen (secondary N) is 1. The lowest BCUT2D eigenvalue weighted by molar-refractivity contribution is -0.0770. The van der Waals surface area contributed by atoms with Gasteiger partial charge in [-0.05, 0) is 20.8 Å². The second-order valence-corrected chi connectivity index (χ2v) is 3.80. The maximum Gasteiger partial charge on any atom is 0.0751 e. The smallest absolute Gasteiger partial charge is 0.0751 e. The van der Waals surface area contributed by atoms with Gasteiger partial charge in [-0.3, -0.25) is 0 Å². The molecule has 3 heteroatoms. The molecule has 0 saturated carbocycles. The lowest BCUT2D eigenvalue weighted by atomic mass is 10.1. The Kier molecular flexibility index (Phi) is 2.52. The van der Waals surface area contributed by atoms with Crippen LogP contribution in [0.4, 0.5) is 0 Å². The predicted octanol–water partition coefficient (Wildman–Crippen LogP) is 0.134. The van der Waals surface area contributed by atoms with E-state index in [4.69, 9.17) is 4.74 Å². The molecule has 0 aromatic rings. The van der Waals surface area contributed by atoms with Crippen LogP contribution >= 0.6 is 0 Å². The van der Waals surface area contributed by atoms with Gasteiger partial charge in [0.25, 0.3) is 0 Å². The molecule has 0 spiro atoms. The van der Waals surface area contributed by atoms with Crippen LogP contribution in [0.3, 0.4) is 0 Å². The summed E-state index contributed by atoms with van der Waals surface area (Å²) >= 11 is 0. The largest absolute Gasteiger partial charge is 0.392 e. The van der Waals surface area contributed by atoms with Gasteiger partial charge in [0, 0.05) is 6.54 Å².